The van der Waals surface area contributed by atoms with E-state index >= 15 is 0 Å². The Morgan fingerprint density at radius 1 is 1.16 bits per heavy atom. The molecule has 2 aliphatic rings. The molecule has 1 amide bonds. The van der Waals surface area contributed by atoms with Gasteiger partial charge >= 0.3 is 5.91 Å². The van der Waals surface area contributed by atoms with Gasteiger partial charge in [-0.15, -0.1) is 0 Å². The number of carbonyl (C=O) groups excluding carboxylic acids is 1. The van der Waals surface area contributed by atoms with Crippen LogP contribution < -0.4 is 5.43 Å². The number of carbonyl (C=O) groups is 1. The summed E-state index contributed by atoms with van der Waals surface area (Å²) in [5.74, 6) is -0.209. The number of hydrazone groups is 1. The molecule has 4 rings (SSSR count). The van der Waals surface area contributed by atoms with Crippen LogP contribution in [-0.4, -0.2) is 48.2 Å². The maximum absolute atomic E-state index is 12.0. The highest BCUT2D eigenvalue weighted by Crippen LogP contribution is 2.35. The van der Waals surface area contributed by atoms with E-state index in [1.165, 1.54) is 18.4 Å². The third-order valence-corrected chi connectivity index (χ3v) is 5.18. The first-order valence-corrected chi connectivity index (χ1v) is 10.00. The molecule has 160 valence electrons. The molecular formula is C22H22N4O5. The quantitative estimate of drug-likeness (QED) is 0.434. The number of non-ortho nitro benzene ring substituents is 1. The molecule has 0 bridgehead atoms. The zero-order valence-electron chi connectivity index (χ0n) is 16.8. The number of nitrogens with one attached hydrogen (secondary N) is 1. The lowest BCUT2D eigenvalue weighted by Crippen LogP contribution is -2.36. The van der Waals surface area contributed by atoms with E-state index in [9.17, 15) is 14.9 Å². The number of hydrogen-bond acceptors (Lipinski definition) is 7. The number of nitro benzene ring substituents is 1. The minimum Gasteiger partial charge on any atom is -0.459 e. The van der Waals surface area contributed by atoms with Crippen LogP contribution in [-0.2, 0) is 4.74 Å². The van der Waals surface area contributed by atoms with E-state index in [2.05, 4.69) is 21.5 Å². The Morgan fingerprint density at radius 2 is 1.94 bits per heavy atom. The molecule has 2 heterocycles. The number of benzene rings is 1. The Bertz CT molecular complexity index is 1030. The fourth-order valence-corrected chi connectivity index (χ4v) is 3.70. The van der Waals surface area contributed by atoms with Crippen LogP contribution in [0.4, 0.5) is 5.69 Å². The fourth-order valence-electron chi connectivity index (χ4n) is 3.70. The first kappa shape index (κ1) is 20.5. The number of allylic oxidation sites excluding steroid dienone is 2. The van der Waals surface area contributed by atoms with Gasteiger partial charge < -0.3 is 14.1 Å². The predicted molar refractivity (Wildman–Crippen MR) is 114 cm³/mol. The molecule has 1 aromatic heterocycles. The summed E-state index contributed by atoms with van der Waals surface area (Å²) >= 11 is 0. The van der Waals surface area contributed by atoms with Crippen molar-refractivity contribution in [2.24, 2.45) is 5.10 Å². The zero-order chi connectivity index (χ0) is 21.6. The van der Waals surface area contributed by atoms with Crippen molar-refractivity contribution in [1.29, 1.82) is 0 Å². The van der Waals surface area contributed by atoms with E-state index in [0.29, 0.717) is 13.2 Å². The van der Waals surface area contributed by atoms with E-state index < -0.39 is 10.8 Å². The van der Waals surface area contributed by atoms with Crippen molar-refractivity contribution in [1.82, 2.24) is 10.3 Å². The van der Waals surface area contributed by atoms with E-state index in [1.807, 2.05) is 0 Å². The normalized spacial score (nSPS) is 18.2. The zero-order valence-corrected chi connectivity index (χ0v) is 16.8. The highest BCUT2D eigenvalue weighted by Gasteiger charge is 2.25. The smallest absolute Gasteiger partial charge is 0.307 e. The SMILES string of the molecule is O=C(N/N=C/C1=C(N2CCOCC2)C(=C/c2ccc([N+](=O)[O-])cc2)/CC1)c1ccco1. The summed E-state index contributed by atoms with van der Waals surface area (Å²) in [7, 11) is 0. The lowest BCUT2D eigenvalue weighted by atomic mass is 10.1. The average molecular weight is 422 g/mol. The number of nitro groups is 1. The summed E-state index contributed by atoms with van der Waals surface area (Å²) < 4.78 is 10.6. The summed E-state index contributed by atoms with van der Waals surface area (Å²) in [5.41, 5.74) is 6.70. The molecule has 31 heavy (non-hydrogen) atoms. The number of rotatable bonds is 6. The molecule has 1 aliphatic carbocycles. The lowest BCUT2D eigenvalue weighted by molar-refractivity contribution is -0.384. The minimum atomic E-state index is -0.408. The van der Waals surface area contributed by atoms with Crippen LogP contribution in [0.5, 0.6) is 0 Å². The van der Waals surface area contributed by atoms with E-state index in [1.54, 1.807) is 30.5 Å². The minimum absolute atomic E-state index is 0.0673. The topological polar surface area (TPSA) is 110 Å². The van der Waals surface area contributed by atoms with Gasteiger partial charge in [-0.25, -0.2) is 5.43 Å². The Balaban J connectivity index is 1.57. The van der Waals surface area contributed by atoms with Crippen LogP contribution in [0.15, 0.2) is 69.0 Å². The van der Waals surface area contributed by atoms with Crippen LogP contribution in [0.25, 0.3) is 6.08 Å². The summed E-state index contributed by atoms with van der Waals surface area (Å²) in [4.78, 5) is 24.8. The third kappa shape index (κ3) is 4.89. The first-order chi connectivity index (χ1) is 15.1. The van der Waals surface area contributed by atoms with Crippen molar-refractivity contribution in [2.45, 2.75) is 12.8 Å². The van der Waals surface area contributed by atoms with Crippen molar-refractivity contribution < 1.29 is 18.9 Å². The maximum atomic E-state index is 12.0. The summed E-state index contributed by atoms with van der Waals surface area (Å²) in [6.07, 6.45) is 6.77. The molecule has 0 spiro atoms. The molecule has 1 aromatic carbocycles. The Morgan fingerprint density at radius 3 is 2.61 bits per heavy atom. The van der Waals surface area contributed by atoms with Gasteiger partial charge in [-0.1, -0.05) is 0 Å². The molecule has 1 N–H and O–H groups in total. The predicted octanol–water partition coefficient (Wildman–Crippen LogP) is 3.37. The van der Waals surface area contributed by atoms with Gasteiger partial charge in [0.1, 0.15) is 0 Å². The van der Waals surface area contributed by atoms with Crippen molar-refractivity contribution in [2.75, 3.05) is 26.3 Å². The molecule has 0 radical (unpaired) electrons. The number of amides is 1. The summed E-state index contributed by atoms with van der Waals surface area (Å²) in [5, 5.41) is 15.0. The first-order valence-electron chi connectivity index (χ1n) is 10.00. The second-order valence-electron chi connectivity index (χ2n) is 7.17. The molecule has 0 atom stereocenters. The molecule has 1 fully saturated rings. The van der Waals surface area contributed by atoms with Gasteiger partial charge in [0.15, 0.2) is 5.76 Å². The standard InChI is InChI=1S/C22H22N4O5/c27-22(20-2-1-11-31-20)24-23-15-18-6-5-17(21(18)25-9-12-30-13-10-25)14-16-3-7-19(8-4-16)26(28)29/h1-4,7-8,11,14-15H,5-6,9-10,12-13H2,(H,24,27)/b17-14+,23-15+. The van der Waals surface area contributed by atoms with Crippen LogP contribution in [0, 0.1) is 10.1 Å². The summed E-state index contributed by atoms with van der Waals surface area (Å²) in [6.45, 7) is 2.83. The van der Waals surface area contributed by atoms with Gasteiger partial charge in [0.05, 0.1) is 30.6 Å². The molecule has 2 aromatic rings. The molecular weight excluding hydrogens is 400 g/mol. The van der Waals surface area contributed by atoms with E-state index in [4.69, 9.17) is 9.15 Å². The van der Waals surface area contributed by atoms with Crippen LogP contribution >= 0.6 is 0 Å². The number of hydrogen-bond donors (Lipinski definition) is 1. The fraction of sp³-hybridized carbons (Fsp3) is 0.273. The number of ether oxygens (including phenoxy) is 1. The molecule has 9 heteroatoms. The molecule has 1 aliphatic heterocycles. The van der Waals surface area contributed by atoms with Gasteiger partial charge in [-0.2, -0.15) is 5.10 Å². The Kier molecular flexibility index (Phi) is 6.23. The largest absolute Gasteiger partial charge is 0.459 e. The van der Waals surface area contributed by atoms with Crippen molar-refractivity contribution in [3.63, 3.8) is 0 Å². The lowest BCUT2D eigenvalue weighted by Gasteiger charge is -2.31. The molecule has 9 nitrogen and oxygen atoms in total. The van der Waals surface area contributed by atoms with Crippen LogP contribution in [0.1, 0.15) is 29.0 Å². The molecule has 0 unspecified atom stereocenters. The van der Waals surface area contributed by atoms with Gasteiger partial charge in [0.2, 0.25) is 0 Å². The van der Waals surface area contributed by atoms with Gasteiger partial charge in [-0.05, 0) is 59.9 Å². The second kappa shape index (κ2) is 9.40. The Labute approximate surface area is 178 Å². The Hall–Kier alpha value is -3.72. The second-order valence-corrected chi connectivity index (χ2v) is 7.17. The summed E-state index contributed by atoms with van der Waals surface area (Å²) in [6, 6.07) is 9.72. The number of nitrogens with zero attached hydrogens (tertiary/aromatic N) is 3. The maximum Gasteiger partial charge on any atom is 0.307 e. The monoisotopic (exact) mass is 422 g/mol. The van der Waals surface area contributed by atoms with Gasteiger partial charge in [0, 0.05) is 30.9 Å². The van der Waals surface area contributed by atoms with Crippen molar-refractivity contribution in [3.8, 4) is 0 Å². The van der Waals surface area contributed by atoms with E-state index in [0.717, 1.165) is 48.3 Å². The number of morpholine rings is 1. The van der Waals surface area contributed by atoms with Gasteiger partial charge in [0.25, 0.3) is 5.69 Å². The number of furan rings is 1. The van der Waals surface area contributed by atoms with Crippen LogP contribution in [0.3, 0.4) is 0 Å². The van der Waals surface area contributed by atoms with Gasteiger partial charge in [-0.3, -0.25) is 14.9 Å². The third-order valence-electron chi connectivity index (χ3n) is 5.18. The average Bonchev–Trinajstić information content (AvgIpc) is 3.45. The molecule has 1 saturated heterocycles. The van der Waals surface area contributed by atoms with Crippen LogP contribution in [0.2, 0.25) is 0 Å². The van der Waals surface area contributed by atoms with Crippen molar-refractivity contribution in [3.05, 3.63) is 80.9 Å². The molecule has 0 saturated carbocycles. The van der Waals surface area contributed by atoms with E-state index in [-0.39, 0.29) is 11.4 Å². The van der Waals surface area contributed by atoms with Crippen molar-refractivity contribution >= 4 is 23.9 Å². The highest BCUT2D eigenvalue weighted by molar-refractivity contribution is 5.92. The highest BCUT2D eigenvalue weighted by atomic mass is 16.6.